The summed E-state index contributed by atoms with van der Waals surface area (Å²) in [6.07, 6.45) is 2.80. The zero-order chi connectivity index (χ0) is 26.2. The van der Waals surface area contributed by atoms with Crippen LogP contribution in [0.2, 0.25) is 5.02 Å². The summed E-state index contributed by atoms with van der Waals surface area (Å²) in [6, 6.07) is 5.68. The zero-order valence-electron chi connectivity index (χ0n) is 19.6. The van der Waals surface area contributed by atoms with Crippen molar-refractivity contribution in [2.45, 2.75) is 29.8 Å². The molecule has 0 bridgehead atoms. The topological polar surface area (TPSA) is 159 Å². The number of amides is 1. The molecule has 2 unspecified atom stereocenters. The minimum absolute atomic E-state index is 0.0620. The van der Waals surface area contributed by atoms with Gasteiger partial charge in [-0.2, -0.15) is 4.72 Å². The molecule has 1 aromatic carbocycles. The first-order valence-electron chi connectivity index (χ1n) is 11.0. The Morgan fingerprint density at radius 3 is 2.69 bits per heavy atom. The number of likely N-dealkylation sites (tertiary alicyclic amines) is 1. The SMILES string of the molecule is CN(C)c1ccc(S(=O)(=O)NC2CCN(C(Cc3cc4ccnc(N)c4cc3Cl)C(=O)O)C2=O)cn1. The number of hydrogen-bond donors (Lipinski definition) is 3. The van der Waals surface area contributed by atoms with E-state index in [9.17, 15) is 23.1 Å². The Morgan fingerprint density at radius 2 is 2.06 bits per heavy atom. The first kappa shape index (κ1) is 25.6. The van der Waals surface area contributed by atoms with E-state index in [1.807, 2.05) is 0 Å². The second-order valence-electron chi connectivity index (χ2n) is 8.66. The number of nitrogens with zero attached hydrogens (tertiary/aromatic N) is 4. The smallest absolute Gasteiger partial charge is 0.326 e. The van der Waals surface area contributed by atoms with Crippen LogP contribution in [0.3, 0.4) is 0 Å². The van der Waals surface area contributed by atoms with E-state index in [2.05, 4.69) is 14.7 Å². The Kier molecular flexibility index (Phi) is 7.03. The highest BCUT2D eigenvalue weighted by Crippen LogP contribution is 2.29. The molecule has 11 nitrogen and oxygen atoms in total. The Balaban J connectivity index is 1.53. The molecular formula is C23H25ClN6O5S. The lowest BCUT2D eigenvalue weighted by Gasteiger charge is -2.25. The van der Waals surface area contributed by atoms with Gasteiger partial charge in [0.15, 0.2) is 0 Å². The summed E-state index contributed by atoms with van der Waals surface area (Å²) in [6.45, 7) is 0.0723. The predicted octanol–water partition coefficient (Wildman–Crippen LogP) is 1.51. The molecule has 1 aliphatic rings. The van der Waals surface area contributed by atoms with Crippen LogP contribution in [0, 0.1) is 0 Å². The van der Waals surface area contributed by atoms with Crippen LogP contribution in [0.1, 0.15) is 12.0 Å². The van der Waals surface area contributed by atoms with Crippen LogP contribution >= 0.6 is 11.6 Å². The summed E-state index contributed by atoms with van der Waals surface area (Å²) < 4.78 is 28.0. The number of sulfonamides is 1. The van der Waals surface area contributed by atoms with Gasteiger partial charge in [-0.25, -0.2) is 23.2 Å². The highest BCUT2D eigenvalue weighted by molar-refractivity contribution is 7.89. The van der Waals surface area contributed by atoms with Crippen LogP contribution in [0.5, 0.6) is 0 Å². The lowest BCUT2D eigenvalue weighted by atomic mass is 10.0. The van der Waals surface area contributed by atoms with E-state index in [0.29, 0.717) is 27.6 Å². The van der Waals surface area contributed by atoms with Crippen LogP contribution in [0.15, 0.2) is 47.6 Å². The summed E-state index contributed by atoms with van der Waals surface area (Å²) in [5.74, 6) is -0.963. The van der Waals surface area contributed by atoms with Gasteiger partial charge in [0.05, 0.1) is 0 Å². The highest BCUT2D eigenvalue weighted by atomic mass is 35.5. The second kappa shape index (κ2) is 9.88. The number of aromatic nitrogens is 2. The van der Waals surface area contributed by atoms with Crippen LogP contribution in [0.25, 0.3) is 10.8 Å². The number of nitrogens with two attached hydrogens (primary N) is 1. The Hall–Kier alpha value is -3.48. The van der Waals surface area contributed by atoms with Gasteiger partial charge in [0.1, 0.15) is 28.6 Å². The summed E-state index contributed by atoms with van der Waals surface area (Å²) >= 11 is 6.40. The number of benzene rings is 1. The van der Waals surface area contributed by atoms with E-state index in [1.165, 1.54) is 23.4 Å². The molecule has 0 spiro atoms. The molecule has 1 amide bonds. The van der Waals surface area contributed by atoms with Crippen molar-refractivity contribution in [3.63, 3.8) is 0 Å². The van der Waals surface area contributed by atoms with E-state index in [0.717, 1.165) is 5.39 Å². The summed E-state index contributed by atoms with van der Waals surface area (Å²) in [7, 11) is -0.497. The van der Waals surface area contributed by atoms with E-state index >= 15 is 0 Å². The summed E-state index contributed by atoms with van der Waals surface area (Å²) in [5.41, 5.74) is 6.41. The second-order valence-corrected chi connectivity index (χ2v) is 10.8. The number of nitrogen functional groups attached to an aromatic ring is 1. The Labute approximate surface area is 212 Å². The minimum Gasteiger partial charge on any atom is -0.480 e. The Bertz CT molecular complexity index is 1430. The molecule has 1 fully saturated rings. The Morgan fingerprint density at radius 1 is 1.31 bits per heavy atom. The molecule has 2 aromatic heterocycles. The number of carbonyl (C=O) groups is 2. The van der Waals surface area contributed by atoms with E-state index < -0.39 is 34.0 Å². The number of pyridine rings is 2. The molecule has 4 N–H and O–H groups in total. The van der Waals surface area contributed by atoms with Crippen molar-refractivity contribution < 1.29 is 23.1 Å². The van der Waals surface area contributed by atoms with E-state index in [4.69, 9.17) is 17.3 Å². The third-order valence-corrected chi connectivity index (χ3v) is 7.87. The molecule has 36 heavy (non-hydrogen) atoms. The first-order chi connectivity index (χ1) is 17.0. The molecule has 3 heterocycles. The van der Waals surface area contributed by atoms with Crippen molar-refractivity contribution in [1.82, 2.24) is 19.6 Å². The maximum absolute atomic E-state index is 13.1. The molecule has 0 saturated carbocycles. The van der Waals surface area contributed by atoms with Gasteiger partial charge >= 0.3 is 5.97 Å². The van der Waals surface area contributed by atoms with Gasteiger partial charge in [0.25, 0.3) is 0 Å². The van der Waals surface area contributed by atoms with Gasteiger partial charge in [-0.05, 0) is 47.7 Å². The fourth-order valence-corrected chi connectivity index (χ4v) is 5.54. The number of nitrogens with one attached hydrogen (secondary N) is 1. The molecule has 0 radical (unpaired) electrons. The molecule has 1 aliphatic heterocycles. The number of carbonyl (C=O) groups excluding carboxylic acids is 1. The van der Waals surface area contributed by atoms with Crippen molar-refractivity contribution in [2.24, 2.45) is 0 Å². The molecule has 4 rings (SSSR count). The maximum Gasteiger partial charge on any atom is 0.326 e. The predicted molar refractivity (Wildman–Crippen MR) is 135 cm³/mol. The fourth-order valence-electron chi connectivity index (χ4n) is 4.13. The van der Waals surface area contributed by atoms with Gasteiger partial charge in [0, 0.05) is 49.9 Å². The number of carboxylic acid groups (broad SMARTS) is 1. The summed E-state index contributed by atoms with van der Waals surface area (Å²) in [4.78, 5) is 36.2. The minimum atomic E-state index is -4.05. The van der Waals surface area contributed by atoms with Gasteiger partial charge in [-0.3, -0.25) is 4.79 Å². The van der Waals surface area contributed by atoms with Crippen molar-refractivity contribution in [1.29, 1.82) is 0 Å². The highest BCUT2D eigenvalue weighted by Gasteiger charge is 2.41. The van der Waals surface area contributed by atoms with Crippen molar-refractivity contribution in [2.75, 3.05) is 31.3 Å². The molecule has 190 valence electrons. The fraction of sp³-hybridized carbons (Fsp3) is 0.304. The van der Waals surface area contributed by atoms with Crippen LogP contribution in [-0.2, 0) is 26.0 Å². The number of hydrogen-bond acceptors (Lipinski definition) is 8. The monoisotopic (exact) mass is 532 g/mol. The molecule has 3 aromatic rings. The third kappa shape index (κ3) is 5.06. The average Bonchev–Trinajstić information content (AvgIpc) is 3.17. The quantitative estimate of drug-likeness (QED) is 0.390. The molecular weight excluding hydrogens is 508 g/mol. The van der Waals surface area contributed by atoms with E-state index in [1.54, 1.807) is 43.3 Å². The number of aliphatic carboxylic acids is 1. The van der Waals surface area contributed by atoms with Crippen molar-refractivity contribution in [3.05, 3.63) is 53.3 Å². The lowest BCUT2D eigenvalue weighted by Crippen LogP contribution is -2.48. The van der Waals surface area contributed by atoms with Crippen LogP contribution in [0.4, 0.5) is 11.6 Å². The largest absolute Gasteiger partial charge is 0.480 e. The number of fused-ring (bicyclic) bond motifs is 1. The van der Waals surface area contributed by atoms with Crippen molar-refractivity contribution >= 4 is 55.9 Å². The number of halogens is 1. The maximum atomic E-state index is 13.1. The molecule has 13 heteroatoms. The van der Waals surface area contributed by atoms with E-state index in [-0.39, 0.29) is 24.3 Å². The number of anilines is 2. The molecule has 1 saturated heterocycles. The molecule has 2 atom stereocenters. The molecule has 0 aliphatic carbocycles. The summed E-state index contributed by atoms with van der Waals surface area (Å²) in [5, 5.41) is 11.6. The van der Waals surface area contributed by atoms with Gasteiger partial charge in [-0.15, -0.1) is 0 Å². The van der Waals surface area contributed by atoms with Crippen LogP contribution < -0.4 is 15.4 Å². The zero-order valence-corrected chi connectivity index (χ0v) is 21.1. The normalized spacial score (nSPS) is 16.9. The third-order valence-electron chi connectivity index (χ3n) is 6.06. The van der Waals surface area contributed by atoms with Crippen molar-refractivity contribution in [3.8, 4) is 0 Å². The first-order valence-corrected chi connectivity index (χ1v) is 12.9. The van der Waals surface area contributed by atoms with Gasteiger partial charge in [0.2, 0.25) is 15.9 Å². The van der Waals surface area contributed by atoms with Gasteiger partial charge < -0.3 is 20.6 Å². The van der Waals surface area contributed by atoms with Gasteiger partial charge in [-0.1, -0.05) is 11.6 Å². The average molecular weight is 533 g/mol. The van der Waals surface area contributed by atoms with Crippen LogP contribution in [-0.4, -0.2) is 73.0 Å². The standard InChI is InChI=1S/C23H25ClN6O5S/c1-29(2)20-4-3-15(12-27-20)36(34,35)28-18-6-8-30(22(18)31)19(23(32)33)10-14-9-13-5-7-26-21(25)16(13)11-17(14)24/h3-5,7,9,11-12,18-19,28H,6,8,10H2,1-2H3,(H2,25,26)(H,32,33). The lowest BCUT2D eigenvalue weighted by molar-refractivity contribution is -0.148. The number of carboxylic acids is 1. The number of rotatable bonds is 8.